The van der Waals surface area contributed by atoms with Crippen molar-refractivity contribution in [3.63, 3.8) is 0 Å². The van der Waals surface area contributed by atoms with Crippen molar-refractivity contribution < 1.29 is 10.5 Å². The Hall–Kier alpha value is -2.34. The lowest BCUT2D eigenvalue weighted by molar-refractivity contribution is -0.415. The van der Waals surface area contributed by atoms with E-state index in [1.165, 1.54) is 0 Å². The second-order valence-corrected chi connectivity index (χ2v) is 5.00. The Morgan fingerprint density at radius 1 is 1.43 bits per heavy atom. The van der Waals surface area contributed by atoms with Crippen LogP contribution in [0.25, 0.3) is 11.0 Å². The van der Waals surface area contributed by atoms with Crippen LogP contribution in [0.3, 0.4) is 0 Å². The SMILES string of the molecule is CC[C@@H](C)[C@@H]([NH3+])C(=O)N/N=C\c1cccc2nccnc12. The van der Waals surface area contributed by atoms with Crippen LogP contribution in [-0.4, -0.2) is 28.1 Å². The van der Waals surface area contributed by atoms with Crippen molar-refractivity contribution in [1.82, 2.24) is 15.4 Å². The minimum atomic E-state index is -0.306. The van der Waals surface area contributed by atoms with Gasteiger partial charge in [0.1, 0.15) is 0 Å². The van der Waals surface area contributed by atoms with Crippen LogP contribution in [0.4, 0.5) is 0 Å². The number of hydrazone groups is 1. The minimum Gasteiger partial charge on any atom is -0.347 e. The van der Waals surface area contributed by atoms with Gasteiger partial charge in [-0.15, -0.1) is 0 Å². The summed E-state index contributed by atoms with van der Waals surface area (Å²) >= 11 is 0. The molecule has 1 heterocycles. The fourth-order valence-corrected chi connectivity index (χ4v) is 1.91. The summed E-state index contributed by atoms with van der Waals surface area (Å²) in [6.07, 6.45) is 5.76. The van der Waals surface area contributed by atoms with Crippen LogP contribution in [0.2, 0.25) is 0 Å². The van der Waals surface area contributed by atoms with Crippen molar-refractivity contribution in [2.45, 2.75) is 26.3 Å². The number of hydrogen-bond donors (Lipinski definition) is 2. The van der Waals surface area contributed by atoms with Crippen molar-refractivity contribution in [1.29, 1.82) is 0 Å². The van der Waals surface area contributed by atoms with Crippen molar-refractivity contribution in [2.24, 2.45) is 11.0 Å². The number of benzene rings is 1. The van der Waals surface area contributed by atoms with Gasteiger partial charge in [0.25, 0.3) is 5.91 Å². The quantitative estimate of drug-likeness (QED) is 0.627. The summed E-state index contributed by atoms with van der Waals surface area (Å²) in [5, 5.41) is 4.00. The summed E-state index contributed by atoms with van der Waals surface area (Å²) in [6.45, 7) is 4.04. The number of quaternary nitrogens is 1. The Kier molecular flexibility index (Phi) is 4.94. The first-order chi connectivity index (χ1) is 10.1. The maximum Gasteiger partial charge on any atom is 0.298 e. The van der Waals surface area contributed by atoms with Crippen LogP contribution < -0.4 is 11.2 Å². The number of aromatic nitrogens is 2. The van der Waals surface area contributed by atoms with Gasteiger partial charge in [0.05, 0.1) is 17.2 Å². The number of amides is 1. The molecular weight excluding hydrogens is 266 g/mol. The zero-order chi connectivity index (χ0) is 15.2. The number of rotatable bonds is 5. The minimum absolute atomic E-state index is 0.174. The van der Waals surface area contributed by atoms with Crippen LogP contribution in [0.5, 0.6) is 0 Å². The van der Waals surface area contributed by atoms with Gasteiger partial charge in [-0.2, -0.15) is 5.10 Å². The molecule has 4 N–H and O–H groups in total. The van der Waals surface area contributed by atoms with Gasteiger partial charge in [-0.25, -0.2) is 5.43 Å². The normalized spacial score (nSPS) is 14.2. The van der Waals surface area contributed by atoms with Crippen LogP contribution in [-0.2, 0) is 4.79 Å². The highest BCUT2D eigenvalue weighted by Gasteiger charge is 2.22. The molecule has 0 saturated heterocycles. The first-order valence-electron chi connectivity index (χ1n) is 6.99. The average Bonchev–Trinajstić information content (AvgIpc) is 2.53. The van der Waals surface area contributed by atoms with Crippen LogP contribution >= 0.6 is 0 Å². The summed E-state index contributed by atoms with van der Waals surface area (Å²) < 4.78 is 0. The number of hydrogen-bond acceptors (Lipinski definition) is 4. The Bertz CT molecular complexity index is 650. The molecule has 0 bridgehead atoms. The Morgan fingerprint density at radius 3 is 2.95 bits per heavy atom. The molecule has 1 amide bonds. The largest absolute Gasteiger partial charge is 0.347 e. The van der Waals surface area contributed by atoms with Gasteiger partial charge in [0.15, 0.2) is 6.04 Å². The van der Waals surface area contributed by atoms with E-state index in [0.29, 0.717) is 0 Å². The smallest absolute Gasteiger partial charge is 0.298 e. The maximum absolute atomic E-state index is 11.9. The predicted octanol–water partition coefficient (Wildman–Crippen LogP) is 0.737. The molecular formula is C15H20N5O+. The van der Waals surface area contributed by atoms with Gasteiger partial charge >= 0.3 is 0 Å². The highest BCUT2D eigenvalue weighted by Crippen LogP contribution is 2.11. The highest BCUT2D eigenvalue weighted by atomic mass is 16.2. The van der Waals surface area contributed by atoms with E-state index in [2.05, 4.69) is 26.2 Å². The molecule has 0 radical (unpaired) electrons. The first kappa shape index (κ1) is 15.1. The molecule has 1 aromatic heterocycles. The molecule has 0 spiro atoms. The molecule has 2 aromatic rings. The van der Waals surface area contributed by atoms with Gasteiger partial charge in [-0.05, 0) is 12.5 Å². The maximum atomic E-state index is 11.9. The molecule has 2 atom stereocenters. The standard InChI is InChI=1S/C15H19N5O/c1-3-10(2)13(16)15(21)20-19-9-11-5-4-6-12-14(11)18-8-7-17-12/h4-10,13H,3,16H2,1-2H3,(H,20,21)/p+1/b19-9-/t10-,13-/m1/s1. The number of fused-ring (bicyclic) bond motifs is 1. The fraction of sp³-hybridized carbons (Fsp3) is 0.333. The van der Waals surface area contributed by atoms with E-state index < -0.39 is 0 Å². The number of nitrogens with zero attached hydrogens (tertiary/aromatic N) is 3. The molecule has 0 fully saturated rings. The summed E-state index contributed by atoms with van der Waals surface area (Å²) in [4.78, 5) is 20.4. The molecule has 0 unspecified atom stereocenters. The van der Waals surface area contributed by atoms with Crippen molar-refractivity contribution in [2.75, 3.05) is 0 Å². The number of carbonyl (C=O) groups is 1. The second kappa shape index (κ2) is 6.90. The molecule has 21 heavy (non-hydrogen) atoms. The summed E-state index contributed by atoms with van der Waals surface area (Å²) in [5.74, 6) is 0.0514. The Morgan fingerprint density at radius 2 is 2.19 bits per heavy atom. The third kappa shape index (κ3) is 3.61. The Labute approximate surface area is 123 Å². The molecule has 1 aromatic carbocycles. The molecule has 110 valence electrons. The van der Waals surface area contributed by atoms with Crippen molar-refractivity contribution >= 4 is 23.2 Å². The van der Waals surface area contributed by atoms with E-state index in [9.17, 15) is 4.79 Å². The zero-order valence-electron chi connectivity index (χ0n) is 12.3. The predicted molar refractivity (Wildman–Crippen MR) is 81.4 cm³/mol. The first-order valence-corrected chi connectivity index (χ1v) is 6.99. The molecule has 0 aliphatic heterocycles. The summed E-state index contributed by atoms with van der Waals surface area (Å²) in [5.41, 5.74) is 8.77. The van der Waals surface area contributed by atoms with Crippen LogP contribution in [0.1, 0.15) is 25.8 Å². The Balaban J connectivity index is 2.09. The lowest BCUT2D eigenvalue weighted by atomic mass is 10.00. The van der Waals surface area contributed by atoms with Gasteiger partial charge in [-0.1, -0.05) is 26.0 Å². The fourth-order valence-electron chi connectivity index (χ4n) is 1.91. The van der Waals surface area contributed by atoms with Crippen LogP contribution in [0, 0.1) is 5.92 Å². The third-order valence-electron chi connectivity index (χ3n) is 3.58. The van der Waals surface area contributed by atoms with E-state index in [1.54, 1.807) is 18.6 Å². The molecule has 2 rings (SSSR count). The third-order valence-corrected chi connectivity index (χ3v) is 3.58. The zero-order valence-corrected chi connectivity index (χ0v) is 12.3. The van der Waals surface area contributed by atoms with Gasteiger partial charge in [0.2, 0.25) is 0 Å². The summed E-state index contributed by atoms with van der Waals surface area (Å²) in [6, 6.07) is 5.33. The van der Waals surface area contributed by atoms with E-state index in [-0.39, 0.29) is 17.9 Å². The molecule has 0 aliphatic rings. The second-order valence-electron chi connectivity index (χ2n) is 5.00. The molecule has 0 aliphatic carbocycles. The van der Waals surface area contributed by atoms with Crippen molar-refractivity contribution in [3.8, 4) is 0 Å². The van der Waals surface area contributed by atoms with Gasteiger partial charge in [-0.3, -0.25) is 14.8 Å². The summed E-state index contributed by atoms with van der Waals surface area (Å²) in [7, 11) is 0. The van der Waals surface area contributed by atoms with E-state index in [1.807, 2.05) is 32.0 Å². The monoisotopic (exact) mass is 286 g/mol. The number of carbonyl (C=O) groups excluding carboxylic acids is 1. The van der Waals surface area contributed by atoms with E-state index in [4.69, 9.17) is 0 Å². The van der Waals surface area contributed by atoms with Crippen molar-refractivity contribution in [3.05, 3.63) is 36.2 Å². The number of nitrogens with one attached hydrogen (secondary N) is 1. The van der Waals surface area contributed by atoms with Gasteiger partial charge < -0.3 is 5.73 Å². The molecule has 6 nitrogen and oxygen atoms in total. The molecule has 6 heteroatoms. The topological polar surface area (TPSA) is 94.9 Å². The van der Waals surface area contributed by atoms with E-state index in [0.717, 1.165) is 23.0 Å². The number of para-hydroxylation sites is 1. The lowest BCUT2D eigenvalue weighted by Crippen LogP contribution is -2.69. The highest BCUT2D eigenvalue weighted by molar-refractivity contribution is 5.96. The lowest BCUT2D eigenvalue weighted by Gasteiger charge is -2.12. The average molecular weight is 286 g/mol. The van der Waals surface area contributed by atoms with Crippen LogP contribution in [0.15, 0.2) is 35.7 Å². The van der Waals surface area contributed by atoms with Gasteiger partial charge in [0, 0.05) is 23.9 Å². The molecule has 0 saturated carbocycles. The van der Waals surface area contributed by atoms with E-state index >= 15 is 0 Å².